The Morgan fingerprint density at radius 1 is 1.50 bits per heavy atom. The monoisotopic (exact) mass is 172 g/mol. The van der Waals surface area contributed by atoms with Gasteiger partial charge in [-0.05, 0) is 28.1 Å². The number of hydrogen-bond donors (Lipinski definition) is 1. The van der Waals surface area contributed by atoms with Gasteiger partial charge >= 0.3 is 0 Å². The fourth-order valence-corrected chi connectivity index (χ4v) is 0.624. The van der Waals surface area contributed by atoms with Crippen molar-refractivity contribution in [3.63, 3.8) is 0 Å². The Morgan fingerprint density at radius 2 is 2.38 bits per heavy atom. The second-order valence-corrected chi connectivity index (χ2v) is 2.14. The van der Waals surface area contributed by atoms with Crippen LogP contribution in [0.5, 0.6) is 0 Å². The molecule has 0 spiro atoms. The highest BCUT2D eigenvalue weighted by Crippen LogP contribution is 2.00. The van der Waals surface area contributed by atoms with Gasteiger partial charge in [0.05, 0.1) is 4.61 Å². The van der Waals surface area contributed by atoms with Gasteiger partial charge in [0, 0.05) is 6.21 Å². The van der Waals surface area contributed by atoms with Crippen LogP contribution < -0.4 is 5.43 Å². The molecule has 0 atom stereocenters. The Balaban J connectivity index is 2.69. The van der Waals surface area contributed by atoms with Gasteiger partial charge in [-0.15, -0.1) is 0 Å². The molecular weight excluding hydrogens is 168 g/mol. The molecule has 0 radical (unpaired) electrons. The normalized spacial score (nSPS) is 16.9. The first-order valence-electron chi connectivity index (χ1n) is 2.21. The van der Waals surface area contributed by atoms with E-state index in [1.807, 2.05) is 18.2 Å². The molecule has 0 saturated heterocycles. The van der Waals surface area contributed by atoms with E-state index >= 15 is 0 Å². The van der Waals surface area contributed by atoms with E-state index in [0.29, 0.717) is 0 Å². The first kappa shape index (κ1) is 5.56. The molecule has 2 nitrogen and oxygen atoms in total. The van der Waals surface area contributed by atoms with Gasteiger partial charge in [-0.3, -0.25) is 5.43 Å². The van der Waals surface area contributed by atoms with Gasteiger partial charge in [-0.1, -0.05) is 6.08 Å². The van der Waals surface area contributed by atoms with Crippen LogP contribution in [-0.2, 0) is 0 Å². The summed E-state index contributed by atoms with van der Waals surface area (Å²) in [7, 11) is 0. The summed E-state index contributed by atoms with van der Waals surface area (Å²) in [5, 5.41) is 3.77. The van der Waals surface area contributed by atoms with Crippen molar-refractivity contribution in [1.82, 2.24) is 5.43 Å². The molecule has 0 aliphatic carbocycles. The lowest BCUT2D eigenvalue weighted by Gasteiger charge is -1.89. The second kappa shape index (κ2) is 2.67. The maximum atomic E-state index is 3.77. The lowest BCUT2D eigenvalue weighted by atomic mass is 10.5. The molecule has 8 heavy (non-hydrogen) atoms. The molecule has 3 heteroatoms. The molecule has 1 aliphatic rings. The Morgan fingerprint density at radius 3 is 3.25 bits per heavy atom. The van der Waals surface area contributed by atoms with Crippen LogP contribution in [0.2, 0.25) is 0 Å². The van der Waals surface area contributed by atoms with Crippen LogP contribution in [-0.4, -0.2) is 6.21 Å². The van der Waals surface area contributed by atoms with Crippen LogP contribution in [0, 0.1) is 0 Å². The van der Waals surface area contributed by atoms with Crippen molar-refractivity contribution in [3.8, 4) is 0 Å². The number of hydrazone groups is 1. The first-order chi connectivity index (χ1) is 3.89. The number of hydrogen-bond acceptors (Lipinski definition) is 2. The van der Waals surface area contributed by atoms with E-state index < -0.39 is 0 Å². The fraction of sp³-hybridized carbons (Fsp3) is 0. The van der Waals surface area contributed by atoms with Crippen LogP contribution in [0.3, 0.4) is 0 Å². The molecule has 0 amide bonds. The third kappa shape index (κ3) is 1.50. The molecule has 1 aliphatic heterocycles. The van der Waals surface area contributed by atoms with E-state index in [9.17, 15) is 0 Å². The minimum absolute atomic E-state index is 0.877. The molecule has 0 aromatic carbocycles. The van der Waals surface area contributed by atoms with Crippen LogP contribution in [0.15, 0.2) is 27.9 Å². The lowest BCUT2D eigenvalue weighted by molar-refractivity contribution is 0.966. The van der Waals surface area contributed by atoms with E-state index in [4.69, 9.17) is 0 Å². The van der Waals surface area contributed by atoms with Crippen molar-refractivity contribution >= 4 is 22.1 Å². The SMILES string of the molecule is BrC1=CC=CC=NN1. The predicted octanol–water partition coefficient (Wildman–Crippen LogP) is 1.37. The van der Waals surface area contributed by atoms with E-state index in [0.717, 1.165) is 4.61 Å². The summed E-state index contributed by atoms with van der Waals surface area (Å²) in [4.78, 5) is 0. The zero-order chi connectivity index (χ0) is 5.82. The standard InChI is InChI=1S/C5H5BrN2/c6-5-3-1-2-4-7-8-5/h1-4,8H. The summed E-state index contributed by atoms with van der Waals surface area (Å²) in [6.07, 6.45) is 7.31. The van der Waals surface area contributed by atoms with Gasteiger partial charge in [0.1, 0.15) is 0 Å². The van der Waals surface area contributed by atoms with E-state index in [2.05, 4.69) is 26.5 Å². The topological polar surface area (TPSA) is 24.4 Å². The molecule has 0 aromatic rings. The molecule has 42 valence electrons. The third-order valence-corrected chi connectivity index (χ3v) is 1.13. The summed E-state index contributed by atoms with van der Waals surface area (Å²) in [5.41, 5.74) is 2.73. The third-order valence-electron chi connectivity index (χ3n) is 0.686. The van der Waals surface area contributed by atoms with Gasteiger partial charge < -0.3 is 0 Å². The molecule has 0 unspecified atom stereocenters. The van der Waals surface area contributed by atoms with E-state index in [1.54, 1.807) is 6.21 Å². The molecule has 0 bridgehead atoms. The van der Waals surface area contributed by atoms with Crippen LogP contribution in [0.1, 0.15) is 0 Å². The highest BCUT2D eigenvalue weighted by Gasteiger charge is 1.83. The fourth-order valence-electron chi connectivity index (χ4n) is 0.369. The van der Waals surface area contributed by atoms with Gasteiger partial charge in [0.25, 0.3) is 0 Å². The first-order valence-corrected chi connectivity index (χ1v) is 3.00. The van der Waals surface area contributed by atoms with Gasteiger partial charge in [-0.25, -0.2) is 0 Å². The summed E-state index contributed by atoms with van der Waals surface area (Å²) >= 11 is 3.22. The minimum Gasteiger partial charge on any atom is -0.271 e. The summed E-state index contributed by atoms with van der Waals surface area (Å²) in [6, 6.07) is 0. The van der Waals surface area contributed by atoms with Crippen molar-refractivity contribution in [2.45, 2.75) is 0 Å². The second-order valence-electron chi connectivity index (χ2n) is 1.29. The van der Waals surface area contributed by atoms with Crippen molar-refractivity contribution in [2.24, 2.45) is 5.10 Å². The number of halogens is 1. The predicted molar refractivity (Wildman–Crippen MR) is 37.8 cm³/mol. The van der Waals surface area contributed by atoms with Crippen LogP contribution in [0.4, 0.5) is 0 Å². The smallest absolute Gasteiger partial charge is 0.0988 e. The maximum absolute atomic E-state index is 3.77. The van der Waals surface area contributed by atoms with Crippen LogP contribution in [0.25, 0.3) is 0 Å². The quantitative estimate of drug-likeness (QED) is 0.549. The summed E-state index contributed by atoms with van der Waals surface area (Å²) in [5.74, 6) is 0. The molecule has 0 fully saturated rings. The Labute approximate surface area is 56.1 Å². The molecule has 1 N–H and O–H groups in total. The Kier molecular flexibility index (Phi) is 1.86. The van der Waals surface area contributed by atoms with Crippen LogP contribution >= 0.6 is 15.9 Å². The van der Waals surface area contributed by atoms with Gasteiger partial charge in [0.2, 0.25) is 0 Å². The molecule has 0 saturated carbocycles. The number of nitrogens with zero attached hydrogens (tertiary/aromatic N) is 1. The molecule has 1 heterocycles. The lowest BCUT2D eigenvalue weighted by Crippen LogP contribution is -1.96. The van der Waals surface area contributed by atoms with Crippen molar-refractivity contribution in [3.05, 3.63) is 22.8 Å². The Bertz CT molecular complexity index is 158. The summed E-state index contributed by atoms with van der Waals surface area (Å²) < 4.78 is 0.877. The largest absolute Gasteiger partial charge is 0.271 e. The van der Waals surface area contributed by atoms with Crippen molar-refractivity contribution in [1.29, 1.82) is 0 Å². The highest BCUT2D eigenvalue weighted by atomic mass is 79.9. The Hall–Kier alpha value is -0.570. The zero-order valence-corrected chi connectivity index (χ0v) is 5.72. The highest BCUT2D eigenvalue weighted by molar-refractivity contribution is 9.11. The maximum Gasteiger partial charge on any atom is 0.0988 e. The summed E-state index contributed by atoms with van der Waals surface area (Å²) in [6.45, 7) is 0. The average molecular weight is 173 g/mol. The van der Waals surface area contributed by atoms with Crippen molar-refractivity contribution < 1.29 is 0 Å². The van der Waals surface area contributed by atoms with Gasteiger partial charge in [-0.2, -0.15) is 5.10 Å². The van der Waals surface area contributed by atoms with Crippen molar-refractivity contribution in [2.75, 3.05) is 0 Å². The zero-order valence-electron chi connectivity index (χ0n) is 4.13. The molecule has 0 aromatic heterocycles. The van der Waals surface area contributed by atoms with Gasteiger partial charge in [0.15, 0.2) is 0 Å². The number of rotatable bonds is 0. The van der Waals surface area contributed by atoms with E-state index in [-0.39, 0.29) is 0 Å². The molecule has 1 rings (SSSR count). The molecular formula is C5H5BrN2. The minimum atomic E-state index is 0.877. The van der Waals surface area contributed by atoms with E-state index in [1.165, 1.54) is 0 Å². The average Bonchev–Trinajstić information content (AvgIpc) is 1.94. The number of allylic oxidation sites excluding steroid dienone is 3. The number of nitrogens with one attached hydrogen (secondary N) is 1.